The van der Waals surface area contributed by atoms with Gasteiger partial charge in [0.25, 0.3) is 0 Å². The Morgan fingerprint density at radius 3 is 2.26 bits per heavy atom. The molecule has 1 aromatic carbocycles. The van der Waals surface area contributed by atoms with Crippen LogP contribution in [-0.4, -0.2) is 42.9 Å². The van der Waals surface area contributed by atoms with E-state index >= 15 is 0 Å². The first-order valence-electron chi connectivity index (χ1n) is 8.27. The quantitative estimate of drug-likeness (QED) is 0.612. The maximum atomic E-state index is 12.5. The average Bonchev–Trinajstić information content (AvgIpc) is 2.73. The smallest absolute Gasteiger partial charge is 0.508 e. The summed E-state index contributed by atoms with van der Waals surface area (Å²) in [6.45, 7) is 7.19. The van der Waals surface area contributed by atoms with Gasteiger partial charge in [0.05, 0.1) is 24.7 Å². The van der Waals surface area contributed by atoms with Crippen LogP contribution >= 0.6 is 0 Å². The van der Waals surface area contributed by atoms with Gasteiger partial charge in [-0.05, 0) is 51.5 Å². The van der Waals surface area contributed by atoms with Gasteiger partial charge < -0.3 is 23.9 Å². The summed E-state index contributed by atoms with van der Waals surface area (Å²) in [5.41, 5.74) is -1.44. The van der Waals surface area contributed by atoms with Crippen LogP contribution in [0.15, 0.2) is 18.2 Å². The van der Waals surface area contributed by atoms with Crippen LogP contribution in [0.1, 0.15) is 45.5 Å². The van der Waals surface area contributed by atoms with Gasteiger partial charge in [-0.2, -0.15) is 0 Å². The zero-order chi connectivity index (χ0) is 20.6. The summed E-state index contributed by atoms with van der Waals surface area (Å²) < 4.78 is 58.0. The van der Waals surface area contributed by atoms with Crippen molar-refractivity contribution >= 4 is 13.1 Å². The molecule has 27 heavy (non-hydrogen) atoms. The molecule has 0 saturated carbocycles. The molecule has 0 aromatic heterocycles. The lowest BCUT2D eigenvalue weighted by Gasteiger charge is -2.32. The first kappa shape index (κ1) is 21.4. The summed E-state index contributed by atoms with van der Waals surface area (Å²) in [7, 11) is 0.202. The summed E-state index contributed by atoms with van der Waals surface area (Å²) in [6.07, 6.45) is -5.16. The van der Waals surface area contributed by atoms with Crippen molar-refractivity contribution in [3.8, 4) is 11.5 Å². The van der Waals surface area contributed by atoms with E-state index in [1.165, 1.54) is 7.11 Å². The molecule has 150 valence electrons. The molecule has 0 spiro atoms. The van der Waals surface area contributed by atoms with Crippen LogP contribution in [0.2, 0.25) is 0 Å². The van der Waals surface area contributed by atoms with Gasteiger partial charge in [0.1, 0.15) is 11.5 Å². The second-order valence-corrected chi connectivity index (χ2v) is 7.28. The number of hydrogen-bond donors (Lipinski definition) is 1. The molecule has 0 amide bonds. The van der Waals surface area contributed by atoms with Crippen LogP contribution < -0.4 is 4.74 Å². The molecule has 1 unspecified atom stereocenters. The Balaban J connectivity index is 2.43. The molecule has 1 aromatic rings. The van der Waals surface area contributed by atoms with E-state index in [0.717, 1.165) is 18.2 Å². The van der Waals surface area contributed by atoms with E-state index in [4.69, 9.17) is 9.31 Å². The molecule has 1 fully saturated rings. The Kier molecular flexibility index (Phi) is 5.73. The first-order chi connectivity index (χ1) is 12.3. The number of benzene rings is 1. The maximum Gasteiger partial charge on any atom is 0.573 e. The lowest BCUT2D eigenvalue weighted by molar-refractivity contribution is -0.274. The van der Waals surface area contributed by atoms with Gasteiger partial charge in [0.2, 0.25) is 0 Å². The van der Waals surface area contributed by atoms with Crippen molar-refractivity contribution in [2.75, 3.05) is 7.11 Å². The van der Waals surface area contributed by atoms with E-state index in [-0.39, 0.29) is 17.7 Å². The summed E-state index contributed by atoms with van der Waals surface area (Å²) >= 11 is 0. The summed E-state index contributed by atoms with van der Waals surface area (Å²) in [6, 6.07) is 3.05. The topological polar surface area (TPSA) is 74.2 Å². The predicted molar refractivity (Wildman–Crippen MR) is 90.2 cm³/mol. The van der Waals surface area contributed by atoms with Gasteiger partial charge in [-0.1, -0.05) is 0 Å². The third-order valence-electron chi connectivity index (χ3n) is 4.85. The number of phenolic OH excluding ortho intramolecular Hbond substituents is 1. The molecule has 1 saturated heterocycles. The van der Waals surface area contributed by atoms with Gasteiger partial charge in [-0.3, -0.25) is 4.79 Å². The zero-order valence-electron chi connectivity index (χ0n) is 15.7. The van der Waals surface area contributed by atoms with Gasteiger partial charge in [0.15, 0.2) is 0 Å². The molecule has 6 nitrogen and oxygen atoms in total. The van der Waals surface area contributed by atoms with Crippen molar-refractivity contribution in [3.63, 3.8) is 0 Å². The fourth-order valence-electron chi connectivity index (χ4n) is 2.70. The molecule has 2 rings (SSSR count). The van der Waals surface area contributed by atoms with Crippen molar-refractivity contribution in [1.82, 2.24) is 0 Å². The number of aromatic hydroxyl groups is 1. The lowest BCUT2D eigenvalue weighted by atomic mass is 9.66. The van der Waals surface area contributed by atoms with Crippen LogP contribution in [-0.2, 0) is 18.8 Å². The summed E-state index contributed by atoms with van der Waals surface area (Å²) in [4.78, 5) is 11.9. The minimum absolute atomic E-state index is 0.0284. The Morgan fingerprint density at radius 2 is 1.78 bits per heavy atom. The van der Waals surface area contributed by atoms with Crippen molar-refractivity contribution < 1.29 is 41.9 Å². The number of methoxy groups -OCH3 is 1. The highest BCUT2D eigenvalue weighted by atomic mass is 19.4. The number of carbonyl (C=O) groups is 1. The normalized spacial score (nSPS) is 19.6. The number of phenols is 1. The van der Waals surface area contributed by atoms with Crippen molar-refractivity contribution in [2.45, 2.75) is 57.5 Å². The number of hydrogen-bond acceptors (Lipinski definition) is 6. The van der Waals surface area contributed by atoms with E-state index in [9.17, 15) is 23.1 Å². The highest BCUT2D eigenvalue weighted by Crippen LogP contribution is 2.44. The highest BCUT2D eigenvalue weighted by Gasteiger charge is 2.54. The van der Waals surface area contributed by atoms with Crippen LogP contribution in [0.25, 0.3) is 0 Å². The number of alkyl halides is 3. The van der Waals surface area contributed by atoms with Gasteiger partial charge in [0, 0.05) is 5.82 Å². The minimum atomic E-state index is -4.89. The SMILES string of the molecule is COC(=O)CC(B1OC(C)(C)C(C)(C)O1)c1cc(OC(F)(F)F)ccc1O. The highest BCUT2D eigenvalue weighted by molar-refractivity contribution is 6.48. The minimum Gasteiger partial charge on any atom is -0.508 e. The molecule has 1 aliphatic rings. The molecule has 1 atom stereocenters. The lowest BCUT2D eigenvalue weighted by Crippen LogP contribution is -2.41. The molecule has 1 N–H and O–H groups in total. The Labute approximate surface area is 155 Å². The molecule has 10 heteroatoms. The van der Waals surface area contributed by atoms with Crippen molar-refractivity contribution in [1.29, 1.82) is 0 Å². The van der Waals surface area contributed by atoms with Crippen molar-refractivity contribution in [3.05, 3.63) is 23.8 Å². The van der Waals surface area contributed by atoms with Crippen molar-refractivity contribution in [2.24, 2.45) is 0 Å². The van der Waals surface area contributed by atoms with Gasteiger partial charge in [-0.25, -0.2) is 0 Å². The Bertz CT molecular complexity index is 688. The molecular formula is C17H22BF3O6. The van der Waals surface area contributed by atoms with E-state index in [0.29, 0.717) is 0 Å². The van der Waals surface area contributed by atoms with E-state index < -0.39 is 42.2 Å². The maximum absolute atomic E-state index is 12.5. The standard InChI is InChI=1S/C17H22BF3O6/c1-15(2)16(3,4)27-18(26-15)12(9-14(23)24-5)11-8-10(6-7-13(11)22)25-17(19,20)21/h6-8,12,22H,9H2,1-5H3. The number of rotatable bonds is 5. The molecule has 0 radical (unpaired) electrons. The monoisotopic (exact) mass is 390 g/mol. The predicted octanol–water partition coefficient (Wildman–Crippen LogP) is 3.57. The fraction of sp³-hybridized carbons (Fsp3) is 0.588. The molecular weight excluding hydrogens is 368 g/mol. The van der Waals surface area contributed by atoms with Crippen LogP contribution in [0.3, 0.4) is 0 Å². The number of halogens is 3. The number of carbonyl (C=O) groups excluding carboxylic acids is 1. The third kappa shape index (κ3) is 4.87. The number of esters is 1. The molecule has 0 aliphatic carbocycles. The fourth-order valence-corrected chi connectivity index (χ4v) is 2.70. The number of ether oxygens (including phenoxy) is 2. The van der Waals surface area contributed by atoms with Crippen LogP contribution in [0.5, 0.6) is 11.5 Å². The molecule has 1 heterocycles. The Hall–Kier alpha value is -1.94. The van der Waals surface area contributed by atoms with Gasteiger partial charge in [-0.15, -0.1) is 13.2 Å². The summed E-state index contributed by atoms with van der Waals surface area (Å²) in [5.74, 6) is -2.37. The molecule has 0 bridgehead atoms. The van der Waals surface area contributed by atoms with E-state index in [1.807, 2.05) is 0 Å². The second-order valence-electron chi connectivity index (χ2n) is 7.28. The zero-order valence-corrected chi connectivity index (χ0v) is 15.7. The van der Waals surface area contributed by atoms with Crippen LogP contribution in [0.4, 0.5) is 13.2 Å². The largest absolute Gasteiger partial charge is 0.573 e. The second kappa shape index (κ2) is 7.24. The van der Waals surface area contributed by atoms with E-state index in [2.05, 4.69) is 9.47 Å². The van der Waals surface area contributed by atoms with E-state index in [1.54, 1.807) is 27.7 Å². The Morgan fingerprint density at radius 1 is 1.22 bits per heavy atom. The third-order valence-corrected chi connectivity index (χ3v) is 4.85. The first-order valence-corrected chi connectivity index (χ1v) is 8.27. The summed E-state index contributed by atoms with van der Waals surface area (Å²) in [5, 5.41) is 10.2. The molecule has 1 aliphatic heterocycles. The van der Waals surface area contributed by atoms with Crippen LogP contribution in [0, 0.1) is 0 Å². The van der Waals surface area contributed by atoms with Gasteiger partial charge >= 0.3 is 19.5 Å². The average molecular weight is 390 g/mol.